The minimum absolute atomic E-state index is 0.0567. The quantitative estimate of drug-likeness (QED) is 0.642. The summed E-state index contributed by atoms with van der Waals surface area (Å²) in [5, 5.41) is 0.531. The molecule has 0 spiro atoms. The lowest BCUT2D eigenvalue weighted by atomic mass is 9.97. The van der Waals surface area contributed by atoms with Gasteiger partial charge in [0, 0.05) is 35.0 Å². The molecule has 0 bridgehead atoms. The second-order valence-electron chi connectivity index (χ2n) is 6.81. The molecule has 1 aliphatic heterocycles. The zero-order valence-electron chi connectivity index (χ0n) is 14.2. The first kappa shape index (κ1) is 18.0. The van der Waals surface area contributed by atoms with Crippen molar-refractivity contribution in [2.24, 2.45) is 0 Å². The van der Waals surface area contributed by atoms with Crippen LogP contribution < -0.4 is 0 Å². The van der Waals surface area contributed by atoms with Crippen LogP contribution >= 0.6 is 0 Å². The van der Waals surface area contributed by atoms with Gasteiger partial charge in [0.05, 0.1) is 10.6 Å². The molecule has 0 fully saturated rings. The van der Waals surface area contributed by atoms with Crippen LogP contribution in [0.4, 0.5) is 17.6 Å². The first-order valence-corrected chi connectivity index (χ1v) is 9.94. The van der Waals surface area contributed by atoms with Crippen molar-refractivity contribution < 1.29 is 26.0 Å². The van der Waals surface area contributed by atoms with Gasteiger partial charge in [-0.25, -0.2) is 26.0 Å². The predicted molar refractivity (Wildman–Crippen MR) is 92.8 cm³/mol. The number of aryl methyl sites for hydroxylation is 1. The summed E-state index contributed by atoms with van der Waals surface area (Å²) in [5.74, 6) is -5.40. The number of fused-ring (bicyclic) bond motifs is 2. The minimum Gasteiger partial charge on any atom is -0.358 e. The van der Waals surface area contributed by atoms with Gasteiger partial charge < -0.3 is 4.98 Å². The number of benzene rings is 2. The smallest absolute Gasteiger partial charge is 0.275 e. The van der Waals surface area contributed by atoms with Gasteiger partial charge in [0.1, 0.15) is 11.6 Å². The molecule has 2 aromatic carbocycles. The lowest BCUT2D eigenvalue weighted by molar-refractivity contribution is -0.0128. The summed E-state index contributed by atoms with van der Waals surface area (Å²) in [4.78, 5) is 2.40. The summed E-state index contributed by atoms with van der Waals surface area (Å²) in [5.41, 5.74) is 1.15. The normalized spacial score (nSPS) is 17.8. The van der Waals surface area contributed by atoms with E-state index in [1.54, 1.807) is 13.0 Å². The van der Waals surface area contributed by atoms with Crippen LogP contribution in [0, 0.1) is 18.6 Å². The Kier molecular flexibility index (Phi) is 3.89. The highest BCUT2D eigenvalue weighted by molar-refractivity contribution is 7.91. The van der Waals surface area contributed by atoms with Crippen LogP contribution in [0.5, 0.6) is 0 Å². The van der Waals surface area contributed by atoms with Crippen LogP contribution in [-0.4, -0.2) is 19.2 Å². The van der Waals surface area contributed by atoms with Gasteiger partial charge in [-0.05, 0) is 48.4 Å². The number of halogens is 4. The topological polar surface area (TPSA) is 49.9 Å². The average molecular weight is 397 g/mol. The molecule has 0 aliphatic carbocycles. The van der Waals surface area contributed by atoms with E-state index < -0.39 is 50.0 Å². The lowest BCUT2D eigenvalue weighted by Crippen LogP contribution is -2.28. The third-order valence-electron chi connectivity index (χ3n) is 5.01. The van der Waals surface area contributed by atoms with Gasteiger partial charge >= 0.3 is 0 Å². The Morgan fingerprint density at radius 2 is 1.89 bits per heavy atom. The maximum absolute atomic E-state index is 14.6. The van der Waals surface area contributed by atoms with E-state index >= 15 is 0 Å². The molecule has 2 heterocycles. The highest BCUT2D eigenvalue weighted by Crippen LogP contribution is 2.42. The number of aromatic nitrogens is 1. The van der Waals surface area contributed by atoms with Crippen LogP contribution in [0.3, 0.4) is 0 Å². The molecular weight excluding hydrogens is 382 g/mol. The Hall–Kier alpha value is -2.35. The number of rotatable bonds is 2. The molecule has 0 radical (unpaired) electrons. The minimum atomic E-state index is -3.94. The van der Waals surface area contributed by atoms with Crippen LogP contribution in [-0.2, 0) is 22.2 Å². The van der Waals surface area contributed by atoms with Crippen molar-refractivity contribution in [1.82, 2.24) is 4.98 Å². The number of alkyl halides is 2. The second kappa shape index (κ2) is 5.82. The largest absolute Gasteiger partial charge is 0.358 e. The van der Waals surface area contributed by atoms with Gasteiger partial charge in [-0.15, -0.1) is 0 Å². The Bertz CT molecular complexity index is 1180. The summed E-state index contributed by atoms with van der Waals surface area (Å²) in [6.07, 6.45) is -0.894. The van der Waals surface area contributed by atoms with Crippen LogP contribution in [0.25, 0.3) is 10.9 Å². The molecule has 142 valence electrons. The molecule has 0 saturated carbocycles. The standard InChI is InChI=1S/C19H15F4NO2S/c1-10-13(14-8-12(20)2-3-17(14)24-10)6-11-7-15-18(9-16(11)21)27(25,26)5-4-19(15,22)23/h2-3,7-9,24H,4-6H2,1H3. The zero-order valence-corrected chi connectivity index (χ0v) is 15.1. The van der Waals surface area contributed by atoms with Gasteiger partial charge in [-0.2, -0.15) is 0 Å². The van der Waals surface area contributed by atoms with Gasteiger partial charge in [-0.1, -0.05) is 0 Å². The molecule has 0 amide bonds. The molecule has 8 heteroatoms. The van der Waals surface area contributed by atoms with Gasteiger partial charge in [-0.3, -0.25) is 0 Å². The fourth-order valence-electron chi connectivity index (χ4n) is 3.56. The van der Waals surface area contributed by atoms with E-state index in [9.17, 15) is 26.0 Å². The van der Waals surface area contributed by atoms with E-state index in [4.69, 9.17) is 0 Å². The molecule has 27 heavy (non-hydrogen) atoms. The molecule has 0 unspecified atom stereocenters. The van der Waals surface area contributed by atoms with Gasteiger partial charge in [0.15, 0.2) is 9.84 Å². The van der Waals surface area contributed by atoms with Crippen molar-refractivity contribution >= 4 is 20.7 Å². The SMILES string of the molecule is Cc1[nH]c2ccc(F)cc2c1Cc1cc2c(cc1F)S(=O)(=O)CCC2(F)F. The van der Waals surface area contributed by atoms with E-state index in [-0.39, 0.29) is 12.0 Å². The summed E-state index contributed by atoms with van der Waals surface area (Å²) < 4.78 is 80.9. The lowest BCUT2D eigenvalue weighted by Gasteiger charge is -2.26. The van der Waals surface area contributed by atoms with E-state index in [0.717, 1.165) is 6.07 Å². The summed E-state index contributed by atoms with van der Waals surface area (Å²) in [7, 11) is -3.94. The summed E-state index contributed by atoms with van der Waals surface area (Å²) in [6.45, 7) is 1.72. The molecule has 1 N–H and O–H groups in total. The molecule has 0 saturated heterocycles. The highest BCUT2D eigenvalue weighted by atomic mass is 32.2. The summed E-state index contributed by atoms with van der Waals surface area (Å²) in [6, 6.07) is 5.73. The first-order valence-electron chi connectivity index (χ1n) is 8.29. The average Bonchev–Trinajstić information content (AvgIpc) is 2.88. The third-order valence-corrected chi connectivity index (χ3v) is 6.76. The number of nitrogens with one attached hydrogen (secondary N) is 1. The Labute approximate surface area is 152 Å². The summed E-state index contributed by atoms with van der Waals surface area (Å²) >= 11 is 0. The van der Waals surface area contributed by atoms with Crippen LogP contribution in [0.2, 0.25) is 0 Å². The molecular formula is C19H15F4NO2S. The molecule has 3 aromatic rings. The maximum Gasteiger partial charge on any atom is 0.275 e. The van der Waals surface area contributed by atoms with Crippen LogP contribution in [0.15, 0.2) is 35.2 Å². The van der Waals surface area contributed by atoms with E-state index in [2.05, 4.69) is 4.98 Å². The molecule has 4 rings (SSSR count). The van der Waals surface area contributed by atoms with E-state index in [1.807, 2.05) is 0 Å². The molecule has 0 atom stereocenters. The number of hydrogen-bond donors (Lipinski definition) is 1. The van der Waals surface area contributed by atoms with Gasteiger partial charge in [0.2, 0.25) is 0 Å². The van der Waals surface area contributed by atoms with E-state index in [1.165, 1.54) is 12.1 Å². The molecule has 3 nitrogen and oxygen atoms in total. The van der Waals surface area contributed by atoms with Crippen molar-refractivity contribution in [3.8, 4) is 0 Å². The maximum atomic E-state index is 14.6. The van der Waals surface area contributed by atoms with Crippen molar-refractivity contribution in [3.63, 3.8) is 0 Å². The number of H-pyrrole nitrogens is 1. The van der Waals surface area contributed by atoms with Crippen molar-refractivity contribution in [1.29, 1.82) is 0 Å². The third kappa shape index (κ3) is 2.92. The highest BCUT2D eigenvalue weighted by Gasteiger charge is 2.43. The van der Waals surface area contributed by atoms with Crippen molar-refractivity contribution in [2.75, 3.05) is 5.75 Å². The van der Waals surface area contributed by atoms with Gasteiger partial charge in [0.25, 0.3) is 5.92 Å². The number of sulfone groups is 1. The van der Waals surface area contributed by atoms with Crippen molar-refractivity contribution in [3.05, 3.63) is 64.4 Å². The predicted octanol–water partition coefficient (Wildman–Crippen LogP) is 4.61. The van der Waals surface area contributed by atoms with E-state index in [0.29, 0.717) is 28.2 Å². The monoisotopic (exact) mass is 397 g/mol. The fraction of sp³-hybridized carbons (Fsp3) is 0.263. The Morgan fingerprint density at radius 3 is 2.63 bits per heavy atom. The Morgan fingerprint density at radius 1 is 1.15 bits per heavy atom. The first-order chi connectivity index (χ1) is 12.6. The number of aromatic amines is 1. The second-order valence-corrected chi connectivity index (χ2v) is 8.89. The fourth-order valence-corrected chi connectivity index (χ4v) is 5.13. The molecule has 1 aliphatic rings. The molecule has 1 aromatic heterocycles. The number of hydrogen-bond acceptors (Lipinski definition) is 2. The Balaban J connectivity index is 1.87. The van der Waals surface area contributed by atoms with Crippen molar-refractivity contribution in [2.45, 2.75) is 30.6 Å². The zero-order chi connectivity index (χ0) is 19.6. The van der Waals surface area contributed by atoms with Crippen LogP contribution in [0.1, 0.15) is 28.8 Å².